The highest BCUT2D eigenvalue weighted by molar-refractivity contribution is 7.20. The largest absolute Gasteiger partial charge is 0.497 e. The van der Waals surface area contributed by atoms with Crippen LogP contribution in [0.2, 0.25) is 0 Å². The number of hydrogen-bond acceptors (Lipinski definition) is 7. The second-order valence-electron chi connectivity index (χ2n) is 7.35. The molecule has 0 amide bonds. The molecule has 0 atom stereocenters. The summed E-state index contributed by atoms with van der Waals surface area (Å²) in [5.74, 6) is 1.07. The van der Waals surface area contributed by atoms with Gasteiger partial charge in [0.25, 0.3) is 5.56 Å². The van der Waals surface area contributed by atoms with E-state index in [-0.39, 0.29) is 5.56 Å². The van der Waals surface area contributed by atoms with Crippen molar-refractivity contribution in [2.45, 2.75) is 13.5 Å². The van der Waals surface area contributed by atoms with Crippen molar-refractivity contribution in [3.63, 3.8) is 0 Å². The Morgan fingerprint density at radius 2 is 1.93 bits per heavy atom. The number of ether oxygens (including phenoxy) is 2. The highest BCUT2D eigenvalue weighted by atomic mass is 32.1. The van der Waals surface area contributed by atoms with E-state index in [1.54, 1.807) is 14.0 Å². The van der Waals surface area contributed by atoms with Gasteiger partial charge in [-0.2, -0.15) is 0 Å². The third-order valence-electron chi connectivity index (χ3n) is 5.55. The molecule has 4 rings (SSSR count). The van der Waals surface area contributed by atoms with E-state index in [0.29, 0.717) is 33.0 Å². The number of hydrogen-bond donors (Lipinski definition) is 2. The van der Waals surface area contributed by atoms with Gasteiger partial charge in [0.2, 0.25) is 0 Å². The predicted molar refractivity (Wildman–Crippen MR) is 116 cm³/mol. The van der Waals surface area contributed by atoms with Crippen LogP contribution in [-0.2, 0) is 11.3 Å². The zero-order valence-corrected chi connectivity index (χ0v) is 18.1. The van der Waals surface area contributed by atoms with Gasteiger partial charge in [-0.1, -0.05) is 0 Å². The topological polar surface area (TPSA) is 89.0 Å². The Morgan fingerprint density at radius 3 is 2.57 bits per heavy atom. The number of thiophene rings is 1. The van der Waals surface area contributed by atoms with Crippen LogP contribution in [0.4, 0.5) is 5.69 Å². The number of carbonyl (C=O) groups excluding carboxylic acids is 1. The summed E-state index contributed by atoms with van der Waals surface area (Å²) in [7, 11) is 3.00. The minimum absolute atomic E-state index is 0.199. The summed E-state index contributed by atoms with van der Waals surface area (Å²) < 4.78 is 10.0. The summed E-state index contributed by atoms with van der Waals surface area (Å²) in [4.78, 5) is 36.8. The lowest BCUT2D eigenvalue weighted by atomic mass is 10.2. The van der Waals surface area contributed by atoms with E-state index in [4.69, 9.17) is 9.47 Å². The van der Waals surface area contributed by atoms with E-state index in [0.717, 1.165) is 31.9 Å². The van der Waals surface area contributed by atoms with Gasteiger partial charge in [-0.3, -0.25) is 4.79 Å². The number of nitrogens with one attached hydrogen (secondary N) is 2. The molecular weight excluding hydrogens is 404 g/mol. The molecule has 1 fully saturated rings. The summed E-state index contributed by atoms with van der Waals surface area (Å²) in [5, 5.41) is 0.475. The number of anilines is 1. The summed E-state index contributed by atoms with van der Waals surface area (Å²) in [5.41, 5.74) is 1.62. The van der Waals surface area contributed by atoms with Crippen LogP contribution in [0, 0.1) is 6.92 Å². The number of aryl methyl sites for hydroxylation is 1. The maximum atomic E-state index is 12.6. The standard InChI is InChI=1S/C21H24N4O4S/c1-13-17-19(26)22-16(23-20(17)30-18(13)21(27)29-3)12-24-8-10-25(11-9-24)14-4-6-15(28-2)7-5-14/h4-7H,8-12H2,1-3H3,(H,22,23,26)/p+1. The zero-order chi connectivity index (χ0) is 21.3. The number of piperazine rings is 1. The van der Waals surface area contributed by atoms with Gasteiger partial charge in [0, 0.05) is 5.69 Å². The fourth-order valence-electron chi connectivity index (χ4n) is 3.85. The highest BCUT2D eigenvalue weighted by Gasteiger charge is 2.23. The van der Waals surface area contributed by atoms with Gasteiger partial charge in [-0.25, -0.2) is 9.78 Å². The molecule has 3 aromatic rings. The van der Waals surface area contributed by atoms with Gasteiger partial charge < -0.3 is 24.3 Å². The summed E-state index contributed by atoms with van der Waals surface area (Å²) >= 11 is 1.21. The number of rotatable bonds is 5. The van der Waals surface area contributed by atoms with Crippen LogP contribution in [0.1, 0.15) is 21.1 Å². The first-order valence-corrected chi connectivity index (χ1v) is 10.6. The van der Waals surface area contributed by atoms with Crippen molar-refractivity contribution < 1.29 is 19.2 Å². The SMILES string of the molecule is COC(=O)c1sc2nc(C[NH+]3CCN(c4ccc(OC)cc4)CC3)[nH]c(=O)c2c1C. The van der Waals surface area contributed by atoms with Crippen molar-refractivity contribution in [2.24, 2.45) is 0 Å². The number of carbonyl (C=O) groups is 1. The average molecular weight is 430 g/mol. The Morgan fingerprint density at radius 1 is 1.23 bits per heavy atom. The van der Waals surface area contributed by atoms with Gasteiger partial charge >= 0.3 is 5.97 Å². The molecule has 3 heterocycles. The molecule has 0 radical (unpaired) electrons. The predicted octanol–water partition coefficient (Wildman–Crippen LogP) is 0.993. The molecule has 1 aliphatic heterocycles. The molecule has 0 unspecified atom stereocenters. The number of methoxy groups -OCH3 is 2. The quantitative estimate of drug-likeness (QED) is 0.588. The van der Waals surface area contributed by atoms with E-state index in [9.17, 15) is 9.59 Å². The molecule has 0 aliphatic carbocycles. The molecule has 158 valence electrons. The van der Waals surface area contributed by atoms with Crippen molar-refractivity contribution >= 4 is 33.2 Å². The Kier molecular flexibility index (Phi) is 5.74. The number of esters is 1. The van der Waals surface area contributed by atoms with Crippen LogP contribution in [0.3, 0.4) is 0 Å². The molecular formula is C21H25N4O4S+. The van der Waals surface area contributed by atoms with Gasteiger partial charge in [0.1, 0.15) is 22.0 Å². The third-order valence-corrected chi connectivity index (χ3v) is 6.71. The highest BCUT2D eigenvalue weighted by Crippen LogP contribution is 2.27. The molecule has 0 saturated carbocycles. The fourth-order valence-corrected chi connectivity index (χ4v) is 4.97. The van der Waals surface area contributed by atoms with Crippen molar-refractivity contribution in [1.29, 1.82) is 0 Å². The minimum atomic E-state index is -0.434. The first-order valence-electron chi connectivity index (χ1n) is 9.83. The second-order valence-corrected chi connectivity index (χ2v) is 8.35. The summed E-state index contributed by atoms with van der Waals surface area (Å²) in [6.07, 6.45) is 0. The molecule has 1 saturated heterocycles. The fraction of sp³-hybridized carbons (Fsp3) is 0.381. The van der Waals surface area contributed by atoms with Crippen LogP contribution < -0.4 is 20.1 Å². The van der Waals surface area contributed by atoms with Crippen LogP contribution >= 0.6 is 11.3 Å². The van der Waals surface area contributed by atoms with E-state index < -0.39 is 5.97 Å². The number of H-pyrrole nitrogens is 1. The molecule has 2 N–H and O–H groups in total. The molecule has 1 aromatic carbocycles. The monoisotopic (exact) mass is 429 g/mol. The van der Waals surface area contributed by atoms with Gasteiger partial charge in [0.15, 0.2) is 5.82 Å². The number of quaternary nitrogens is 1. The second kappa shape index (κ2) is 8.45. The summed E-state index contributed by atoms with van der Waals surface area (Å²) in [6.45, 7) is 6.16. The first kappa shape index (κ1) is 20.4. The number of benzene rings is 1. The molecule has 8 nitrogen and oxygen atoms in total. The smallest absolute Gasteiger partial charge is 0.348 e. The lowest BCUT2D eigenvalue weighted by Crippen LogP contribution is -3.13. The van der Waals surface area contributed by atoms with Gasteiger partial charge in [-0.15, -0.1) is 11.3 Å². The normalized spacial score (nSPS) is 14.8. The average Bonchev–Trinajstić information content (AvgIpc) is 3.10. The zero-order valence-electron chi connectivity index (χ0n) is 17.3. The number of nitrogens with zero attached hydrogens (tertiary/aromatic N) is 2. The van der Waals surface area contributed by atoms with Crippen LogP contribution in [-0.4, -0.2) is 56.3 Å². The van der Waals surface area contributed by atoms with E-state index in [1.807, 2.05) is 12.1 Å². The first-order chi connectivity index (χ1) is 14.5. The number of aromatic nitrogens is 2. The van der Waals surface area contributed by atoms with Crippen molar-refractivity contribution in [3.8, 4) is 5.75 Å². The molecule has 30 heavy (non-hydrogen) atoms. The van der Waals surface area contributed by atoms with E-state index in [1.165, 1.54) is 29.0 Å². The van der Waals surface area contributed by atoms with E-state index >= 15 is 0 Å². The molecule has 9 heteroatoms. The molecule has 0 spiro atoms. The third kappa shape index (κ3) is 3.90. The van der Waals surface area contributed by atoms with Gasteiger partial charge in [0.05, 0.1) is 45.8 Å². The molecule has 1 aliphatic rings. The molecule has 2 aromatic heterocycles. The maximum Gasteiger partial charge on any atom is 0.348 e. The van der Waals surface area contributed by atoms with Crippen LogP contribution in [0.25, 0.3) is 10.2 Å². The van der Waals surface area contributed by atoms with Crippen LogP contribution in [0.15, 0.2) is 29.1 Å². The summed E-state index contributed by atoms with van der Waals surface area (Å²) in [6, 6.07) is 8.11. The Hall–Kier alpha value is -2.91. The van der Waals surface area contributed by atoms with Gasteiger partial charge in [-0.05, 0) is 36.8 Å². The Bertz CT molecular complexity index is 1110. The Balaban J connectivity index is 1.46. The number of aromatic amines is 1. The molecule has 0 bridgehead atoms. The van der Waals surface area contributed by atoms with Crippen molar-refractivity contribution in [1.82, 2.24) is 9.97 Å². The Labute approximate surface area is 178 Å². The van der Waals surface area contributed by atoms with Crippen molar-refractivity contribution in [2.75, 3.05) is 45.3 Å². The maximum absolute atomic E-state index is 12.6. The lowest BCUT2D eigenvalue weighted by molar-refractivity contribution is -0.915. The minimum Gasteiger partial charge on any atom is -0.497 e. The van der Waals surface area contributed by atoms with E-state index in [2.05, 4.69) is 27.0 Å². The van der Waals surface area contributed by atoms with Crippen LogP contribution in [0.5, 0.6) is 5.75 Å². The van der Waals surface area contributed by atoms with Crippen molar-refractivity contribution in [3.05, 3.63) is 50.9 Å². The lowest BCUT2D eigenvalue weighted by Gasteiger charge is -2.33. The number of fused-ring (bicyclic) bond motifs is 1.